The maximum Gasteiger partial charge on any atom is 0.243 e. The van der Waals surface area contributed by atoms with E-state index >= 15 is 0 Å². The van der Waals surface area contributed by atoms with E-state index in [0.29, 0.717) is 32.6 Å². The van der Waals surface area contributed by atoms with E-state index in [1.165, 1.54) is 4.31 Å². The minimum absolute atomic E-state index is 0.0333. The van der Waals surface area contributed by atoms with E-state index in [1.54, 1.807) is 29.2 Å². The Bertz CT molecular complexity index is 984. The number of rotatable bonds is 7. The van der Waals surface area contributed by atoms with Crippen LogP contribution in [-0.2, 0) is 24.7 Å². The molecule has 2 heterocycles. The summed E-state index contributed by atoms with van der Waals surface area (Å²) in [6.45, 7) is 7.62. The molecular formula is C21H33N3O5S2. The predicted molar refractivity (Wildman–Crippen MR) is 120 cm³/mol. The van der Waals surface area contributed by atoms with Crippen molar-refractivity contribution in [1.82, 2.24) is 14.1 Å². The number of carbonyl (C=O) groups excluding carboxylic acids is 1. The lowest BCUT2D eigenvalue weighted by molar-refractivity contribution is -0.137. The molecule has 0 saturated carbocycles. The number of sulfone groups is 1. The highest BCUT2D eigenvalue weighted by atomic mass is 32.2. The van der Waals surface area contributed by atoms with Gasteiger partial charge in [0.2, 0.25) is 15.9 Å². The maximum absolute atomic E-state index is 13.1. The molecule has 1 aromatic rings. The molecule has 174 valence electrons. The molecule has 1 aromatic carbocycles. The molecule has 0 aromatic heterocycles. The Balaban J connectivity index is 1.61. The van der Waals surface area contributed by atoms with Gasteiger partial charge in [0.15, 0.2) is 9.84 Å². The average Bonchev–Trinajstić information content (AvgIpc) is 3.07. The predicted octanol–water partition coefficient (Wildman–Crippen LogP) is 1.12. The molecule has 1 amide bonds. The molecule has 0 aliphatic carbocycles. The van der Waals surface area contributed by atoms with Crippen LogP contribution in [-0.4, -0.2) is 93.2 Å². The summed E-state index contributed by atoms with van der Waals surface area (Å²) in [7, 11) is -6.63. The summed E-state index contributed by atoms with van der Waals surface area (Å²) in [5, 5.41) is 0. The average molecular weight is 472 g/mol. The van der Waals surface area contributed by atoms with E-state index in [1.807, 2.05) is 25.7 Å². The van der Waals surface area contributed by atoms with Gasteiger partial charge in [0.05, 0.1) is 22.9 Å². The Morgan fingerprint density at radius 1 is 1.16 bits per heavy atom. The van der Waals surface area contributed by atoms with Gasteiger partial charge in [-0.05, 0) is 38.8 Å². The Kier molecular flexibility index (Phi) is 7.45. The minimum Gasteiger partial charge on any atom is -0.335 e. The summed E-state index contributed by atoms with van der Waals surface area (Å²) >= 11 is 0. The Morgan fingerprint density at radius 3 is 2.29 bits per heavy atom. The first kappa shape index (κ1) is 24.2. The zero-order valence-electron chi connectivity index (χ0n) is 18.5. The van der Waals surface area contributed by atoms with Crippen LogP contribution in [0.4, 0.5) is 0 Å². The summed E-state index contributed by atoms with van der Waals surface area (Å²) in [6.07, 6.45) is 1.24. The number of piperazine rings is 1. The van der Waals surface area contributed by atoms with Crippen molar-refractivity contribution in [2.75, 3.05) is 44.2 Å². The monoisotopic (exact) mass is 471 g/mol. The SMILES string of the molecule is CCC(C)N(C(=O)CN1CCN(S(=O)(=O)c2ccc(C)cc2)CC1)C1CCS(=O)(=O)C1. The number of nitrogens with zero attached hydrogens (tertiary/aromatic N) is 3. The second-order valence-corrected chi connectivity index (χ2v) is 12.8. The van der Waals surface area contributed by atoms with Crippen molar-refractivity contribution >= 4 is 25.8 Å². The van der Waals surface area contributed by atoms with E-state index in [0.717, 1.165) is 12.0 Å². The topological polar surface area (TPSA) is 95.1 Å². The van der Waals surface area contributed by atoms with Crippen LogP contribution < -0.4 is 0 Å². The molecule has 0 spiro atoms. The van der Waals surface area contributed by atoms with Crippen LogP contribution in [0, 0.1) is 6.92 Å². The number of hydrogen-bond acceptors (Lipinski definition) is 6. The second-order valence-electron chi connectivity index (χ2n) is 8.61. The van der Waals surface area contributed by atoms with E-state index in [-0.39, 0.29) is 40.9 Å². The first-order valence-corrected chi connectivity index (χ1v) is 14.1. The minimum atomic E-state index is -3.55. The van der Waals surface area contributed by atoms with E-state index < -0.39 is 19.9 Å². The molecule has 3 rings (SSSR count). The van der Waals surface area contributed by atoms with Crippen molar-refractivity contribution in [3.8, 4) is 0 Å². The van der Waals surface area contributed by atoms with Crippen molar-refractivity contribution in [2.24, 2.45) is 0 Å². The highest BCUT2D eigenvalue weighted by Gasteiger charge is 2.37. The summed E-state index contributed by atoms with van der Waals surface area (Å²) in [4.78, 5) is 17.1. The zero-order valence-corrected chi connectivity index (χ0v) is 20.2. The van der Waals surface area contributed by atoms with Crippen molar-refractivity contribution in [3.05, 3.63) is 29.8 Å². The van der Waals surface area contributed by atoms with Gasteiger partial charge in [0, 0.05) is 38.3 Å². The molecule has 10 heteroatoms. The van der Waals surface area contributed by atoms with Crippen molar-refractivity contribution in [3.63, 3.8) is 0 Å². The zero-order chi connectivity index (χ0) is 22.8. The smallest absolute Gasteiger partial charge is 0.243 e. The van der Waals surface area contributed by atoms with Crippen molar-refractivity contribution < 1.29 is 21.6 Å². The van der Waals surface area contributed by atoms with Gasteiger partial charge in [-0.15, -0.1) is 0 Å². The molecule has 2 fully saturated rings. The highest BCUT2D eigenvalue weighted by molar-refractivity contribution is 7.91. The van der Waals surface area contributed by atoms with Gasteiger partial charge in [0.1, 0.15) is 0 Å². The number of carbonyl (C=O) groups is 1. The lowest BCUT2D eigenvalue weighted by Gasteiger charge is -2.38. The lowest BCUT2D eigenvalue weighted by Crippen LogP contribution is -2.54. The maximum atomic E-state index is 13.1. The third-order valence-electron chi connectivity index (χ3n) is 6.30. The molecule has 8 nitrogen and oxygen atoms in total. The van der Waals surface area contributed by atoms with E-state index in [2.05, 4.69) is 0 Å². The Labute approximate surface area is 186 Å². The molecule has 2 aliphatic heterocycles. The first-order valence-electron chi connectivity index (χ1n) is 10.8. The number of benzene rings is 1. The van der Waals surface area contributed by atoms with Crippen LogP contribution in [0.1, 0.15) is 32.3 Å². The van der Waals surface area contributed by atoms with E-state index in [4.69, 9.17) is 0 Å². The third kappa shape index (κ3) is 5.66. The molecular weight excluding hydrogens is 438 g/mol. The van der Waals surface area contributed by atoms with Gasteiger partial charge >= 0.3 is 0 Å². The van der Waals surface area contributed by atoms with Gasteiger partial charge in [0.25, 0.3) is 0 Å². The first-order chi connectivity index (χ1) is 14.5. The second kappa shape index (κ2) is 9.56. The Morgan fingerprint density at radius 2 is 1.77 bits per heavy atom. The summed E-state index contributed by atoms with van der Waals surface area (Å²) < 4.78 is 51.1. The number of sulfonamides is 1. The largest absolute Gasteiger partial charge is 0.335 e. The molecule has 2 unspecified atom stereocenters. The van der Waals surface area contributed by atoms with Crippen molar-refractivity contribution in [2.45, 2.75) is 50.6 Å². The molecule has 0 bridgehead atoms. The fourth-order valence-electron chi connectivity index (χ4n) is 4.26. The van der Waals surface area contributed by atoms with Crippen LogP contribution in [0.5, 0.6) is 0 Å². The van der Waals surface area contributed by atoms with Gasteiger partial charge in [-0.25, -0.2) is 16.8 Å². The quantitative estimate of drug-likeness (QED) is 0.591. The summed E-state index contributed by atoms with van der Waals surface area (Å²) in [6, 6.07) is 6.52. The fraction of sp³-hybridized carbons (Fsp3) is 0.667. The van der Waals surface area contributed by atoms with Gasteiger partial charge in [-0.3, -0.25) is 9.69 Å². The standard InChI is InChI=1S/C21H33N3O5S2/c1-4-18(3)24(19-9-14-30(26,27)16-19)21(25)15-22-10-12-23(13-11-22)31(28,29)20-7-5-17(2)6-8-20/h5-8,18-19H,4,9-16H2,1-3H3. The molecule has 31 heavy (non-hydrogen) atoms. The van der Waals surface area contributed by atoms with Gasteiger partial charge in [-0.2, -0.15) is 4.31 Å². The van der Waals surface area contributed by atoms with Crippen LogP contribution in [0.3, 0.4) is 0 Å². The summed E-state index contributed by atoms with van der Waals surface area (Å²) in [5.74, 6) is 0.0882. The molecule has 0 N–H and O–H groups in total. The third-order valence-corrected chi connectivity index (χ3v) is 9.97. The Hall–Kier alpha value is -1.49. The fourth-order valence-corrected chi connectivity index (χ4v) is 7.39. The van der Waals surface area contributed by atoms with E-state index in [9.17, 15) is 21.6 Å². The highest BCUT2D eigenvalue weighted by Crippen LogP contribution is 2.22. The normalized spacial score (nSPS) is 23.5. The molecule has 2 aliphatic rings. The van der Waals surface area contributed by atoms with Gasteiger partial charge in [-0.1, -0.05) is 24.6 Å². The number of hydrogen-bond donors (Lipinski definition) is 0. The van der Waals surface area contributed by atoms with Crippen LogP contribution in [0.2, 0.25) is 0 Å². The van der Waals surface area contributed by atoms with Gasteiger partial charge < -0.3 is 4.90 Å². The molecule has 0 radical (unpaired) electrons. The van der Waals surface area contributed by atoms with Crippen molar-refractivity contribution in [1.29, 1.82) is 0 Å². The van der Waals surface area contributed by atoms with Crippen LogP contribution in [0.25, 0.3) is 0 Å². The van der Waals surface area contributed by atoms with Crippen LogP contribution >= 0.6 is 0 Å². The summed E-state index contributed by atoms with van der Waals surface area (Å²) in [5.41, 5.74) is 1.00. The lowest BCUT2D eigenvalue weighted by atomic mass is 10.1. The number of aryl methyl sites for hydroxylation is 1. The number of amides is 1. The molecule has 2 saturated heterocycles. The van der Waals surface area contributed by atoms with Crippen LogP contribution in [0.15, 0.2) is 29.2 Å². The molecule has 2 atom stereocenters.